The van der Waals surface area contributed by atoms with Gasteiger partial charge in [-0.15, -0.1) is 0 Å². The minimum atomic E-state index is -0.413. The third-order valence-electron chi connectivity index (χ3n) is 5.19. The van der Waals surface area contributed by atoms with Crippen molar-refractivity contribution in [2.45, 2.75) is 12.5 Å². The fourth-order valence-corrected chi connectivity index (χ4v) is 3.66. The zero-order valence-electron chi connectivity index (χ0n) is 16.7. The molecule has 1 aliphatic rings. The van der Waals surface area contributed by atoms with Gasteiger partial charge in [0.15, 0.2) is 5.78 Å². The van der Waals surface area contributed by atoms with Crippen molar-refractivity contribution < 1.29 is 14.3 Å². The standard InChI is InChI=1S/C25H22N2O3/c1-30-21-12-7-8-18(14-21)16-27-17-23(19-9-3-2-4-10-19)24(28)22(25(27)29)15-20-11-5-6-13-26-20/h2-15,23H,16-17H2,1H3. The Morgan fingerprint density at radius 3 is 2.57 bits per heavy atom. The van der Waals surface area contributed by atoms with Crippen LogP contribution in [0.1, 0.15) is 22.7 Å². The summed E-state index contributed by atoms with van der Waals surface area (Å²) in [5, 5.41) is 0. The molecule has 0 bridgehead atoms. The van der Waals surface area contributed by atoms with Crippen LogP contribution < -0.4 is 4.74 Å². The lowest BCUT2D eigenvalue weighted by Gasteiger charge is -2.33. The monoisotopic (exact) mass is 398 g/mol. The molecule has 2 aromatic carbocycles. The molecule has 0 N–H and O–H groups in total. The second-order valence-corrected chi connectivity index (χ2v) is 7.18. The van der Waals surface area contributed by atoms with Crippen LogP contribution in [0.25, 0.3) is 6.08 Å². The van der Waals surface area contributed by atoms with E-state index in [1.807, 2.05) is 60.7 Å². The van der Waals surface area contributed by atoms with Gasteiger partial charge in [-0.25, -0.2) is 0 Å². The zero-order valence-corrected chi connectivity index (χ0v) is 16.7. The largest absolute Gasteiger partial charge is 0.497 e. The maximum absolute atomic E-state index is 13.3. The Hall–Kier alpha value is -3.73. The number of carbonyl (C=O) groups is 2. The minimum Gasteiger partial charge on any atom is -0.497 e. The maximum atomic E-state index is 13.3. The number of hydrogen-bond donors (Lipinski definition) is 0. The van der Waals surface area contributed by atoms with E-state index in [0.29, 0.717) is 18.8 Å². The van der Waals surface area contributed by atoms with E-state index < -0.39 is 5.92 Å². The molecule has 2 heterocycles. The van der Waals surface area contributed by atoms with Gasteiger partial charge in [0, 0.05) is 19.3 Å². The van der Waals surface area contributed by atoms with Gasteiger partial charge < -0.3 is 9.64 Å². The first-order valence-electron chi connectivity index (χ1n) is 9.80. The smallest absolute Gasteiger partial charge is 0.257 e. The Bertz CT molecular complexity index is 1080. The number of aromatic nitrogens is 1. The summed E-state index contributed by atoms with van der Waals surface area (Å²) in [4.78, 5) is 32.5. The minimum absolute atomic E-state index is 0.164. The number of methoxy groups -OCH3 is 1. The highest BCUT2D eigenvalue weighted by molar-refractivity contribution is 6.25. The van der Waals surface area contributed by atoms with Crippen LogP contribution in [-0.4, -0.2) is 35.2 Å². The number of pyridine rings is 1. The fourth-order valence-electron chi connectivity index (χ4n) is 3.66. The first-order valence-corrected chi connectivity index (χ1v) is 9.80. The van der Waals surface area contributed by atoms with E-state index in [-0.39, 0.29) is 17.3 Å². The van der Waals surface area contributed by atoms with E-state index in [2.05, 4.69) is 4.98 Å². The SMILES string of the molecule is COc1cccc(CN2CC(c3ccccc3)C(=O)C(=Cc3ccccn3)C2=O)c1. The third-order valence-corrected chi connectivity index (χ3v) is 5.19. The van der Waals surface area contributed by atoms with Gasteiger partial charge in [-0.05, 0) is 41.5 Å². The van der Waals surface area contributed by atoms with E-state index in [0.717, 1.165) is 16.9 Å². The number of carbonyl (C=O) groups excluding carboxylic acids is 2. The first kappa shape index (κ1) is 19.6. The molecule has 1 aromatic heterocycles. The molecular weight excluding hydrogens is 376 g/mol. The lowest BCUT2D eigenvalue weighted by molar-refractivity contribution is -0.134. The number of piperidine rings is 1. The number of likely N-dealkylation sites (tertiary alicyclic amines) is 1. The number of Topliss-reactive ketones (excluding diaryl/α,β-unsaturated/α-hetero) is 1. The van der Waals surface area contributed by atoms with E-state index in [1.165, 1.54) is 0 Å². The van der Waals surface area contributed by atoms with Crippen LogP contribution in [0.2, 0.25) is 0 Å². The molecule has 0 saturated carbocycles. The van der Waals surface area contributed by atoms with Gasteiger partial charge in [-0.1, -0.05) is 48.5 Å². The molecule has 150 valence electrons. The van der Waals surface area contributed by atoms with Crippen molar-refractivity contribution in [1.82, 2.24) is 9.88 Å². The van der Waals surface area contributed by atoms with Gasteiger partial charge in [0.2, 0.25) is 0 Å². The van der Waals surface area contributed by atoms with Gasteiger partial charge in [0.05, 0.1) is 24.3 Å². The van der Waals surface area contributed by atoms with Gasteiger partial charge in [0.25, 0.3) is 5.91 Å². The highest BCUT2D eigenvalue weighted by Crippen LogP contribution is 2.30. The molecule has 1 fully saturated rings. The Balaban J connectivity index is 1.71. The van der Waals surface area contributed by atoms with Crippen LogP contribution in [0.4, 0.5) is 0 Å². The summed E-state index contributed by atoms with van der Waals surface area (Å²) >= 11 is 0. The highest BCUT2D eigenvalue weighted by Gasteiger charge is 2.38. The molecular formula is C25H22N2O3. The highest BCUT2D eigenvalue weighted by atomic mass is 16.5. The van der Waals surface area contributed by atoms with Crippen LogP contribution in [-0.2, 0) is 16.1 Å². The van der Waals surface area contributed by atoms with Crippen molar-refractivity contribution in [2.75, 3.05) is 13.7 Å². The third kappa shape index (κ3) is 4.15. The number of ketones is 1. The molecule has 30 heavy (non-hydrogen) atoms. The number of benzene rings is 2. The van der Waals surface area contributed by atoms with Crippen molar-refractivity contribution in [3.63, 3.8) is 0 Å². The average molecular weight is 398 g/mol. The molecule has 1 atom stereocenters. The molecule has 3 aromatic rings. The van der Waals surface area contributed by atoms with E-state index >= 15 is 0 Å². The molecule has 4 rings (SSSR count). The number of amides is 1. The quantitative estimate of drug-likeness (QED) is 0.484. The Morgan fingerprint density at radius 2 is 1.83 bits per heavy atom. The van der Waals surface area contributed by atoms with Crippen molar-refractivity contribution in [3.8, 4) is 5.75 Å². The van der Waals surface area contributed by atoms with Gasteiger partial charge in [0.1, 0.15) is 5.75 Å². The Kier molecular flexibility index (Phi) is 5.70. The van der Waals surface area contributed by atoms with Crippen LogP contribution in [0.3, 0.4) is 0 Å². The number of nitrogens with zero attached hydrogens (tertiary/aromatic N) is 2. The van der Waals surface area contributed by atoms with E-state index in [1.54, 1.807) is 36.4 Å². The number of hydrogen-bond acceptors (Lipinski definition) is 4. The maximum Gasteiger partial charge on any atom is 0.257 e. The first-order chi connectivity index (χ1) is 14.7. The topological polar surface area (TPSA) is 59.5 Å². The lowest BCUT2D eigenvalue weighted by atomic mass is 9.85. The summed E-state index contributed by atoms with van der Waals surface area (Å²) in [6, 6.07) is 22.6. The second-order valence-electron chi connectivity index (χ2n) is 7.18. The molecule has 0 spiro atoms. The normalized spacial score (nSPS) is 18.0. The summed E-state index contributed by atoms with van der Waals surface area (Å²) < 4.78 is 5.30. The number of rotatable bonds is 5. The number of ether oxygens (including phenoxy) is 1. The summed E-state index contributed by atoms with van der Waals surface area (Å²) in [7, 11) is 1.61. The summed E-state index contributed by atoms with van der Waals surface area (Å²) in [5.41, 5.74) is 2.60. The zero-order chi connectivity index (χ0) is 20.9. The summed E-state index contributed by atoms with van der Waals surface area (Å²) in [6.45, 7) is 0.727. The lowest BCUT2D eigenvalue weighted by Crippen LogP contribution is -2.45. The molecule has 1 aliphatic heterocycles. The summed E-state index contributed by atoms with van der Waals surface area (Å²) in [6.07, 6.45) is 3.24. The van der Waals surface area contributed by atoms with Crippen LogP contribution in [0.15, 0.2) is 84.6 Å². The van der Waals surface area contributed by atoms with Gasteiger partial charge in [-0.2, -0.15) is 0 Å². The Morgan fingerprint density at radius 1 is 1.03 bits per heavy atom. The molecule has 1 unspecified atom stereocenters. The average Bonchev–Trinajstić information content (AvgIpc) is 2.80. The van der Waals surface area contributed by atoms with Gasteiger partial charge >= 0.3 is 0 Å². The van der Waals surface area contributed by atoms with Crippen molar-refractivity contribution >= 4 is 17.8 Å². The van der Waals surface area contributed by atoms with Crippen molar-refractivity contribution in [2.24, 2.45) is 0 Å². The molecule has 5 nitrogen and oxygen atoms in total. The van der Waals surface area contributed by atoms with Crippen LogP contribution >= 0.6 is 0 Å². The second kappa shape index (κ2) is 8.74. The van der Waals surface area contributed by atoms with E-state index in [9.17, 15) is 9.59 Å². The summed E-state index contributed by atoms with van der Waals surface area (Å²) in [5.74, 6) is -0.124. The molecule has 5 heteroatoms. The molecule has 0 aliphatic carbocycles. The van der Waals surface area contributed by atoms with E-state index in [4.69, 9.17) is 4.74 Å². The van der Waals surface area contributed by atoms with Crippen LogP contribution in [0.5, 0.6) is 5.75 Å². The fraction of sp³-hybridized carbons (Fsp3) is 0.160. The molecule has 0 radical (unpaired) electrons. The molecule has 1 saturated heterocycles. The predicted octanol–water partition coefficient (Wildman–Crippen LogP) is 3.87. The van der Waals surface area contributed by atoms with Crippen LogP contribution in [0, 0.1) is 0 Å². The van der Waals surface area contributed by atoms with Gasteiger partial charge in [-0.3, -0.25) is 14.6 Å². The predicted molar refractivity (Wildman–Crippen MR) is 115 cm³/mol. The Labute approximate surface area is 175 Å². The van der Waals surface area contributed by atoms with Crippen molar-refractivity contribution in [3.05, 3.63) is 101 Å². The van der Waals surface area contributed by atoms with Crippen molar-refractivity contribution in [1.29, 1.82) is 0 Å². The molecule has 1 amide bonds.